The molecule has 0 heterocycles. The summed E-state index contributed by atoms with van der Waals surface area (Å²) in [7, 11) is 0. The van der Waals surface area contributed by atoms with Crippen LogP contribution < -0.4 is 0 Å². The molecule has 0 bridgehead atoms. The fourth-order valence-electron chi connectivity index (χ4n) is 3.48. The Morgan fingerprint density at radius 2 is 1.44 bits per heavy atom. The SMILES string of the molecule is CC(C)(C)OC(=O)COCCCc1ccc(CCC(C(=O)O)C(=O)c2ccc(C(F)(F)F)cc2)cc1. The largest absolute Gasteiger partial charge is 0.481 e. The number of aryl methyl sites for hydroxylation is 2. The maximum Gasteiger partial charge on any atom is 0.416 e. The Labute approximate surface area is 208 Å². The quantitative estimate of drug-likeness (QED) is 0.176. The third kappa shape index (κ3) is 9.81. The van der Waals surface area contributed by atoms with Crippen molar-refractivity contribution in [1.82, 2.24) is 0 Å². The molecule has 0 amide bonds. The van der Waals surface area contributed by atoms with Crippen LogP contribution in [0.2, 0.25) is 0 Å². The maximum atomic E-state index is 12.7. The Bertz CT molecular complexity index is 1020. The smallest absolute Gasteiger partial charge is 0.416 e. The van der Waals surface area contributed by atoms with Crippen molar-refractivity contribution in [3.8, 4) is 0 Å². The number of benzene rings is 2. The Morgan fingerprint density at radius 3 is 1.94 bits per heavy atom. The number of rotatable bonds is 12. The van der Waals surface area contributed by atoms with E-state index >= 15 is 0 Å². The van der Waals surface area contributed by atoms with E-state index in [4.69, 9.17) is 9.47 Å². The summed E-state index contributed by atoms with van der Waals surface area (Å²) in [5, 5.41) is 9.50. The van der Waals surface area contributed by atoms with Gasteiger partial charge in [0.05, 0.1) is 5.56 Å². The van der Waals surface area contributed by atoms with Crippen LogP contribution in [0, 0.1) is 5.92 Å². The summed E-state index contributed by atoms with van der Waals surface area (Å²) < 4.78 is 48.7. The van der Waals surface area contributed by atoms with Crippen molar-refractivity contribution in [2.75, 3.05) is 13.2 Å². The van der Waals surface area contributed by atoms with Gasteiger partial charge in [-0.05, 0) is 69.7 Å². The minimum Gasteiger partial charge on any atom is -0.481 e. The van der Waals surface area contributed by atoms with E-state index in [2.05, 4.69) is 0 Å². The fourth-order valence-corrected chi connectivity index (χ4v) is 3.48. The minimum absolute atomic E-state index is 0.0209. The molecule has 0 aliphatic heterocycles. The number of carboxylic acids is 1. The molecule has 2 aromatic carbocycles. The van der Waals surface area contributed by atoms with E-state index in [1.54, 1.807) is 20.8 Å². The molecule has 0 radical (unpaired) electrons. The van der Waals surface area contributed by atoms with Gasteiger partial charge in [0, 0.05) is 12.2 Å². The van der Waals surface area contributed by atoms with Crippen LogP contribution >= 0.6 is 0 Å². The Balaban J connectivity index is 1.82. The summed E-state index contributed by atoms with van der Waals surface area (Å²) in [6.07, 6.45) is -2.77. The normalized spacial score (nSPS) is 12.7. The number of Topliss-reactive ketones (excluding diaryl/α,β-unsaturated/α-hetero) is 1. The number of esters is 1. The van der Waals surface area contributed by atoms with Gasteiger partial charge in [0.1, 0.15) is 18.1 Å². The number of aliphatic carboxylic acids is 1. The minimum atomic E-state index is -4.53. The molecule has 6 nitrogen and oxygen atoms in total. The Morgan fingerprint density at radius 1 is 0.889 bits per heavy atom. The van der Waals surface area contributed by atoms with Crippen LogP contribution in [0.5, 0.6) is 0 Å². The summed E-state index contributed by atoms with van der Waals surface area (Å²) >= 11 is 0. The molecule has 0 spiro atoms. The maximum absolute atomic E-state index is 12.7. The molecule has 36 heavy (non-hydrogen) atoms. The van der Waals surface area contributed by atoms with Crippen LogP contribution in [-0.2, 0) is 38.1 Å². The van der Waals surface area contributed by atoms with Crippen LogP contribution in [0.25, 0.3) is 0 Å². The van der Waals surface area contributed by atoms with Crippen LogP contribution in [-0.4, -0.2) is 41.6 Å². The first-order valence-corrected chi connectivity index (χ1v) is 11.6. The van der Waals surface area contributed by atoms with Crippen molar-refractivity contribution in [2.24, 2.45) is 5.92 Å². The first-order valence-electron chi connectivity index (χ1n) is 11.6. The predicted octanol–water partition coefficient (Wildman–Crippen LogP) is 5.51. The Kier molecular flexibility index (Phi) is 10.2. The third-order valence-electron chi connectivity index (χ3n) is 5.25. The van der Waals surface area contributed by atoms with Crippen LogP contribution in [0.4, 0.5) is 13.2 Å². The highest BCUT2D eigenvalue weighted by molar-refractivity contribution is 6.08. The zero-order valence-corrected chi connectivity index (χ0v) is 20.6. The van der Waals surface area contributed by atoms with E-state index in [1.165, 1.54) is 0 Å². The molecular formula is C27H31F3O6. The topological polar surface area (TPSA) is 89.9 Å². The standard InChI is InChI=1S/C27H31F3O6/c1-26(2,3)36-23(31)17-35-16-4-5-18-6-8-19(9-7-18)10-15-22(25(33)34)24(32)20-11-13-21(14-12-20)27(28,29)30/h6-9,11-14,22H,4-5,10,15-17H2,1-3H3,(H,33,34). The number of ether oxygens (including phenoxy) is 2. The molecule has 0 saturated heterocycles. The van der Waals surface area contributed by atoms with Gasteiger partial charge in [0.15, 0.2) is 5.78 Å². The molecule has 2 aromatic rings. The van der Waals surface area contributed by atoms with Gasteiger partial charge in [0.25, 0.3) is 0 Å². The zero-order valence-electron chi connectivity index (χ0n) is 20.6. The number of hydrogen-bond donors (Lipinski definition) is 1. The Hall–Kier alpha value is -3.20. The first kappa shape index (κ1) is 29.0. The van der Waals surface area contributed by atoms with Crippen molar-refractivity contribution >= 4 is 17.7 Å². The molecular weight excluding hydrogens is 477 g/mol. The molecule has 0 fully saturated rings. The van der Waals surface area contributed by atoms with E-state index in [0.29, 0.717) is 19.4 Å². The van der Waals surface area contributed by atoms with E-state index < -0.39 is 41.0 Å². The average Bonchev–Trinajstić information content (AvgIpc) is 2.78. The monoisotopic (exact) mass is 508 g/mol. The molecule has 0 aliphatic carbocycles. The number of ketones is 1. The van der Waals surface area contributed by atoms with E-state index in [9.17, 15) is 32.7 Å². The molecule has 1 atom stereocenters. The summed E-state index contributed by atoms with van der Waals surface area (Å²) in [5.74, 6) is -3.81. The fraction of sp³-hybridized carbons (Fsp3) is 0.444. The lowest BCUT2D eigenvalue weighted by atomic mass is 9.91. The van der Waals surface area contributed by atoms with Crippen molar-refractivity contribution in [2.45, 2.75) is 58.2 Å². The second kappa shape index (κ2) is 12.7. The number of alkyl halides is 3. The highest BCUT2D eigenvalue weighted by Crippen LogP contribution is 2.29. The number of carboxylic acid groups (broad SMARTS) is 1. The second-order valence-electron chi connectivity index (χ2n) is 9.43. The van der Waals surface area contributed by atoms with Crippen molar-refractivity contribution in [1.29, 1.82) is 0 Å². The summed E-state index contributed by atoms with van der Waals surface area (Å²) in [4.78, 5) is 35.9. The molecule has 0 aromatic heterocycles. The summed E-state index contributed by atoms with van der Waals surface area (Å²) in [6.45, 7) is 5.65. The average molecular weight is 509 g/mol. The van der Waals surface area contributed by atoms with Gasteiger partial charge in [-0.25, -0.2) is 4.79 Å². The van der Waals surface area contributed by atoms with E-state index in [1.807, 2.05) is 24.3 Å². The predicted molar refractivity (Wildman–Crippen MR) is 127 cm³/mol. The summed E-state index contributed by atoms with van der Waals surface area (Å²) in [5.41, 5.74) is 0.351. The lowest BCUT2D eigenvalue weighted by Crippen LogP contribution is -2.26. The molecule has 1 unspecified atom stereocenters. The van der Waals surface area contributed by atoms with Gasteiger partial charge >= 0.3 is 18.1 Å². The van der Waals surface area contributed by atoms with E-state index in [-0.39, 0.29) is 18.6 Å². The van der Waals surface area contributed by atoms with Gasteiger partial charge in [-0.3, -0.25) is 9.59 Å². The molecule has 196 valence electrons. The molecule has 0 aliphatic rings. The van der Waals surface area contributed by atoms with Gasteiger partial charge in [-0.15, -0.1) is 0 Å². The lowest BCUT2D eigenvalue weighted by Gasteiger charge is -2.19. The van der Waals surface area contributed by atoms with Crippen molar-refractivity contribution in [3.63, 3.8) is 0 Å². The number of hydrogen-bond acceptors (Lipinski definition) is 5. The van der Waals surface area contributed by atoms with Crippen LogP contribution in [0.1, 0.15) is 60.7 Å². The van der Waals surface area contributed by atoms with Crippen LogP contribution in [0.3, 0.4) is 0 Å². The van der Waals surface area contributed by atoms with Gasteiger partial charge in [0.2, 0.25) is 0 Å². The molecule has 1 N–H and O–H groups in total. The molecule has 9 heteroatoms. The van der Waals surface area contributed by atoms with E-state index in [0.717, 1.165) is 41.8 Å². The van der Waals surface area contributed by atoms with Gasteiger partial charge < -0.3 is 14.6 Å². The number of carbonyl (C=O) groups is 3. The van der Waals surface area contributed by atoms with Crippen LogP contribution in [0.15, 0.2) is 48.5 Å². The molecule has 0 saturated carbocycles. The highest BCUT2D eigenvalue weighted by Gasteiger charge is 2.31. The van der Waals surface area contributed by atoms with Crippen molar-refractivity contribution in [3.05, 3.63) is 70.8 Å². The van der Waals surface area contributed by atoms with Crippen molar-refractivity contribution < 1.29 is 42.1 Å². The second-order valence-corrected chi connectivity index (χ2v) is 9.43. The third-order valence-corrected chi connectivity index (χ3v) is 5.25. The highest BCUT2D eigenvalue weighted by atomic mass is 19.4. The first-order chi connectivity index (χ1) is 16.8. The number of carbonyl (C=O) groups excluding carboxylic acids is 2. The zero-order chi connectivity index (χ0) is 26.9. The van der Waals surface area contributed by atoms with Gasteiger partial charge in [-0.2, -0.15) is 13.2 Å². The lowest BCUT2D eigenvalue weighted by molar-refractivity contribution is -0.160. The molecule has 2 rings (SSSR count). The summed E-state index contributed by atoms with van der Waals surface area (Å²) in [6, 6.07) is 11.0. The number of halogens is 3. The van der Waals surface area contributed by atoms with Gasteiger partial charge in [-0.1, -0.05) is 36.4 Å².